The van der Waals surface area contributed by atoms with Crippen molar-refractivity contribution in [1.29, 1.82) is 0 Å². The first kappa shape index (κ1) is 22.2. The summed E-state index contributed by atoms with van der Waals surface area (Å²) < 4.78 is 20.8. The number of aromatic nitrogens is 4. The summed E-state index contributed by atoms with van der Waals surface area (Å²) in [5.74, 6) is 1.02. The Kier molecular flexibility index (Phi) is 5.92. The van der Waals surface area contributed by atoms with Crippen molar-refractivity contribution < 1.29 is 18.7 Å². The van der Waals surface area contributed by atoms with Crippen LogP contribution in [-0.2, 0) is 9.59 Å². The van der Waals surface area contributed by atoms with Crippen molar-refractivity contribution in [3.05, 3.63) is 85.0 Å². The van der Waals surface area contributed by atoms with Gasteiger partial charge in [0.2, 0.25) is 17.7 Å². The molecule has 1 aliphatic rings. The second-order valence-electron chi connectivity index (χ2n) is 8.06. The molecule has 2 aromatic carbocycles. The molecule has 5 rings (SSSR count). The maximum absolute atomic E-state index is 13.2. The van der Waals surface area contributed by atoms with Gasteiger partial charge in [0, 0.05) is 42.8 Å². The Morgan fingerprint density at radius 1 is 1.09 bits per heavy atom. The first-order valence-corrected chi connectivity index (χ1v) is 10.9. The summed E-state index contributed by atoms with van der Waals surface area (Å²) in [6.45, 7) is 2.11. The Labute approximate surface area is 200 Å². The zero-order valence-corrected chi connectivity index (χ0v) is 18.8. The van der Waals surface area contributed by atoms with Crippen LogP contribution in [0, 0.1) is 18.7 Å². The molecule has 0 saturated carbocycles. The van der Waals surface area contributed by atoms with Crippen LogP contribution in [0.1, 0.15) is 12.2 Å². The highest BCUT2D eigenvalue weighted by Crippen LogP contribution is 2.27. The molecule has 1 unspecified atom stereocenters. The van der Waals surface area contributed by atoms with Crippen LogP contribution in [-0.4, -0.2) is 37.9 Å². The Hall–Kier alpha value is -4.60. The molecule has 2 amide bonds. The maximum atomic E-state index is 13.2. The molecule has 3 heterocycles. The summed E-state index contributed by atoms with van der Waals surface area (Å²) in [5.41, 5.74) is 1.15. The largest absolute Gasteiger partial charge is 0.439 e. The fourth-order valence-corrected chi connectivity index (χ4v) is 3.86. The van der Waals surface area contributed by atoms with Crippen molar-refractivity contribution in [1.82, 2.24) is 19.5 Å². The van der Waals surface area contributed by atoms with Gasteiger partial charge in [0.15, 0.2) is 0 Å². The van der Waals surface area contributed by atoms with E-state index in [0.29, 0.717) is 28.8 Å². The van der Waals surface area contributed by atoms with Gasteiger partial charge in [-0.2, -0.15) is 0 Å². The standard InChI is InChI=1S/C25H21FN6O3/c1-16-27-10-11-31(16)22-13-23(29-15-28-22)35-21-8-4-19(5-9-21)30-25(34)17-12-24(33)32(14-17)20-6-2-18(26)3-7-20/h2-11,13,15,17H,12,14H2,1H3,(H,30,34). The summed E-state index contributed by atoms with van der Waals surface area (Å²) in [5, 5.41) is 2.84. The number of carbonyl (C=O) groups excluding carboxylic acids is 2. The number of anilines is 2. The predicted octanol–water partition coefficient (Wildman–Crippen LogP) is 3.89. The number of halogens is 1. The molecule has 0 spiro atoms. The molecule has 176 valence electrons. The normalized spacial score (nSPS) is 15.3. The van der Waals surface area contributed by atoms with Gasteiger partial charge in [-0.25, -0.2) is 19.3 Å². The van der Waals surface area contributed by atoms with Crippen molar-refractivity contribution in [3.63, 3.8) is 0 Å². The summed E-state index contributed by atoms with van der Waals surface area (Å²) in [6.07, 6.45) is 5.00. The lowest BCUT2D eigenvalue weighted by molar-refractivity contribution is -0.122. The second-order valence-corrected chi connectivity index (χ2v) is 8.06. The van der Waals surface area contributed by atoms with E-state index in [4.69, 9.17) is 4.74 Å². The van der Waals surface area contributed by atoms with E-state index in [9.17, 15) is 14.0 Å². The number of imidazole rings is 1. The highest BCUT2D eigenvalue weighted by atomic mass is 19.1. The molecule has 35 heavy (non-hydrogen) atoms. The number of nitrogens with one attached hydrogen (secondary N) is 1. The van der Waals surface area contributed by atoms with Gasteiger partial charge in [-0.1, -0.05) is 0 Å². The van der Waals surface area contributed by atoms with Crippen LogP contribution in [0.4, 0.5) is 15.8 Å². The number of rotatable bonds is 6. The summed E-state index contributed by atoms with van der Waals surface area (Å²) in [4.78, 5) is 39.2. The average Bonchev–Trinajstić information content (AvgIpc) is 3.46. The number of aryl methyl sites for hydroxylation is 1. The monoisotopic (exact) mass is 472 g/mol. The zero-order valence-electron chi connectivity index (χ0n) is 18.8. The Bertz CT molecular complexity index is 1370. The Morgan fingerprint density at radius 2 is 1.86 bits per heavy atom. The number of benzene rings is 2. The first-order chi connectivity index (χ1) is 17.0. The van der Waals surface area contributed by atoms with E-state index in [2.05, 4.69) is 20.3 Å². The number of carbonyl (C=O) groups is 2. The lowest BCUT2D eigenvalue weighted by Gasteiger charge is -2.16. The van der Waals surface area contributed by atoms with E-state index < -0.39 is 5.92 Å². The van der Waals surface area contributed by atoms with Crippen LogP contribution in [0.25, 0.3) is 5.82 Å². The molecule has 0 aliphatic carbocycles. The fourth-order valence-electron chi connectivity index (χ4n) is 3.86. The molecule has 1 atom stereocenters. The first-order valence-electron chi connectivity index (χ1n) is 10.9. The molecule has 1 saturated heterocycles. The van der Waals surface area contributed by atoms with Gasteiger partial charge < -0.3 is 15.0 Å². The van der Waals surface area contributed by atoms with E-state index >= 15 is 0 Å². The minimum atomic E-state index is -0.505. The molecule has 0 radical (unpaired) electrons. The van der Waals surface area contributed by atoms with Crippen LogP contribution in [0.15, 0.2) is 73.3 Å². The minimum Gasteiger partial charge on any atom is -0.439 e. The summed E-state index contributed by atoms with van der Waals surface area (Å²) in [6, 6.07) is 14.2. The number of nitrogens with zero attached hydrogens (tertiary/aromatic N) is 5. The maximum Gasteiger partial charge on any atom is 0.229 e. The van der Waals surface area contributed by atoms with E-state index in [1.807, 2.05) is 11.5 Å². The highest BCUT2D eigenvalue weighted by molar-refractivity contribution is 6.03. The number of ether oxygens (including phenoxy) is 1. The SMILES string of the molecule is Cc1nccn1-c1cc(Oc2ccc(NC(=O)C3CC(=O)N(c4ccc(F)cc4)C3)cc2)ncn1. The quantitative estimate of drug-likeness (QED) is 0.457. The molecule has 1 aliphatic heterocycles. The Morgan fingerprint density at radius 3 is 2.57 bits per heavy atom. The highest BCUT2D eigenvalue weighted by Gasteiger charge is 2.35. The topological polar surface area (TPSA) is 102 Å². The van der Waals surface area contributed by atoms with Gasteiger partial charge in [-0.15, -0.1) is 0 Å². The average molecular weight is 472 g/mol. The van der Waals surface area contributed by atoms with Crippen LogP contribution < -0.4 is 15.0 Å². The van der Waals surface area contributed by atoms with E-state index in [1.54, 1.807) is 42.7 Å². The van der Waals surface area contributed by atoms with Crippen LogP contribution in [0.2, 0.25) is 0 Å². The molecule has 1 fully saturated rings. The van der Waals surface area contributed by atoms with E-state index in [1.165, 1.54) is 35.5 Å². The van der Waals surface area contributed by atoms with Gasteiger partial charge in [0.05, 0.1) is 5.92 Å². The Balaban J connectivity index is 1.21. The van der Waals surface area contributed by atoms with Gasteiger partial charge in [0.1, 0.15) is 29.5 Å². The second kappa shape index (κ2) is 9.34. The van der Waals surface area contributed by atoms with Crippen LogP contribution in [0.5, 0.6) is 11.6 Å². The fraction of sp³-hybridized carbons (Fsp3) is 0.160. The third-order valence-corrected chi connectivity index (χ3v) is 5.68. The third kappa shape index (κ3) is 4.86. The van der Waals surface area contributed by atoms with Crippen molar-refractivity contribution >= 4 is 23.2 Å². The minimum absolute atomic E-state index is 0.0941. The van der Waals surface area contributed by atoms with Crippen LogP contribution in [0.3, 0.4) is 0 Å². The lowest BCUT2D eigenvalue weighted by atomic mass is 10.1. The zero-order chi connectivity index (χ0) is 24.4. The molecule has 10 heteroatoms. The smallest absolute Gasteiger partial charge is 0.229 e. The number of hydrogen-bond acceptors (Lipinski definition) is 6. The summed E-state index contributed by atoms with van der Waals surface area (Å²) in [7, 11) is 0. The van der Waals surface area contributed by atoms with E-state index in [0.717, 1.165) is 5.82 Å². The molecular weight excluding hydrogens is 451 g/mol. The number of amides is 2. The lowest BCUT2D eigenvalue weighted by Crippen LogP contribution is -2.28. The molecule has 4 aromatic rings. The molecule has 2 aromatic heterocycles. The van der Waals surface area contributed by atoms with Crippen molar-refractivity contribution in [2.24, 2.45) is 5.92 Å². The predicted molar refractivity (Wildman–Crippen MR) is 126 cm³/mol. The van der Waals surface area contributed by atoms with Gasteiger partial charge in [-0.05, 0) is 55.5 Å². The molecule has 0 bridgehead atoms. The van der Waals surface area contributed by atoms with E-state index in [-0.39, 0.29) is 30.6 Å². The summed E-state index contributed by atoms with van der Waals surface area (Å²) >= 11 is 0. The van der Waals surface area contributed by atoms with Crippen molar-refractivity contribution in [2.45, 2.75) is 13.3 Å². The molecular formula is C25H21FN6O3. The van der Waals surface area contributed by atoms with Gasteiger partial charge >= 0.3 is 0 Å². The van der Waals surface area contributed by atoms with Crippen molar-refractivity contribution in [2.75, 3.05) is 16.8 Å². The van der Waals surface area contributed by atoms with Crippen LogP contribution >= 0.6 is 0 Å². The third-order valence-electron chi connectivity index (χ3n) is 5.68. The van der Waals surface area contributed by atoms with Gasteiger partial charge in [-0.3, -0.25) is 14.2 Å². The number of hydrogen-bond donors (Lipinski definition) is 1. The van der Waals surface area contributed by atoms with Gasteiger partial charge in [0.25, 0.3) is 0 Å². The molecule has 9 nitrogen and oxygen atoms in total. The molecule has 1 N–H and O–H groups in total. The van der Waals surface area contributed by atoms with Crippen molar-refractivity contribution in [3.8, 4) is 17.4 Å².